The average molecular weight is 232 g/mol. The lowest BCUT2D eigenvalue weighted by Crippen LogP contribution is -2.22. The van der Waals surface area contributed by atoms with Crippen molar-refractivity contribution in [2.45, 2.75) is 64.0 Å². The summed E-state index contributed by atoms with van der Waals surface area (Å²) in [5.74, 6) is 0.930. The molecule has 3 rings (SSSR count). The zero-order chi connectivity index (χ0) is 11.8. The van der Waals surface area contributed by atoms with Gasteiger partial charge in [-0.2, -0.15) is 0 Å². The Morgan fingerprint density at radius 3 is 2.71 bits per heavy atom. The molecule has 0 saturated heterocycles. The van der Waals surface area contributed by atoms with Crippen LogP contribution in [-0.2, 0) is 6.42 Å². The molecule has 1 fully saturated rings. The Hall–Kier alpha value is -0.760. The lowest BCUT2D eigenvalue weighted by molar-refractivity contribution is 0.284. The number of nitrogens with zero attached hydrogens (tertiary/aromatic N) is 1. The summed E-state index contributed by atoms with van der Waals surface area (Å²) < 4.78 is 2.56. The molecular weight excluding hydrogens is 208 g/mol. The average Bonchev–Trinajstić information content (AvgIpc) is 2.75. The second kappa shape index (κ2) is 4.49. The molecule has 2 heteroatoms. The second-order valence-corrected chi connectivity index (χ2v) is 6.04. The number of rotatable bonds is 1. The molecule has 1 saturated carbocycles. The second-order valence-electron chi connectivity index (χ2n) is 6.04. The van der Waals surface area contributed by atoms with Crippen LogP contribution in [0.5, 0.6) is 0 Å². The minimum atomic E-state index is 0.294. The smallest absolute Gasteiger partial charge is 0.0333 e. The third kappa shape index (κ3) is 2.03. The molecule has 1 heterocycles. The number of fused-ring (bicyclic) bond motifs is 1. The summed E-state index contributed by atoms with van der Waals surface area (Å²) in [6, 6.07) is 3.32. The molecule has 2 aliphatic carbocycles. The monoisotopic (exact) mass is 232 g/mol. The van der Waals surface area contributed by atoms with E-state index in [9.17, 15) is 0 Å². The van der Waals surface area contributed by atoms with Crippen molar-refractivity contribution >= 4 is 0 Å². The summed E-state index contributed by atoms with van der Waals surface area (Å²) >= 11 is 0. The van der Waals surface area contributed by atoms with Crippen molar-refractivity contribution in [2.24, 2.45) is 11.7 Å². The molecule has 0 aromatic carbocycles. The molecule has 0 amide bonds. The Kier molecular flexibility index (Phi) is 2.99. The van der Waals surface area contributed by atoms with Crippen LogP contribution in [0.4, 0.5) is 0 Å². The Bertz CT molecular complexity index is 386. The van der Waals surface area contributed by atoms with Crippen molar-refractivity contribution < 1.29 is 0 Å². The van der Waals surface area contributed by atoms with Crippen molar-refractivity contribution in [3.63, 3.8) is 0 Å². The van der Waals surface area contributed by atoms with Gasteiger partial charge in [0.25, 0.3) is 0 Å². The van der Waals surface area contributed by atoms with Crippen LogP contribution in [0.3, 0.4) is 0 Å². The first-order chi connectivity index (χ1) is 8.25. The Balaban J connectivity index is 1.84. The normalized spacial score (nSPS) is 33.4. The topological polar surface area (TPSA) is 30.9 Å². The molecular formula is C15H24N2. The van der Waals surface area contributed by atoms with E-state index < -0.39 is 0 Å². The fraction of sp³-hybridized carbons (Fsp3) is 0.733. The van der Waals surface area contributed by atoms with E-state index in [4.69, 9.17) is 5.73 Å². The molecule has 0 radical (unpaired) electrons. The van der Waals surface area contributed by atoms with E-state index in [-0.39, 0.29) is 0 Å². The minimum absolute atomic E-state index is 0.294. The number of nitrogens with two attached hydrogens (primary N) is 1. The SMILES string of the molecule is CC1CCC(n2ccc3c2CCCC3N)CC1. The summed E-state index contributed by atoms with van der Waals surface area (Å²) in [6.45, 7) is 2.39. The van der Waals surface area contributed by atoms with Crippen molar-refractivity contribution in [1.29, 1.82) is 0 Å². The molecule has 1 atom stereocenters. The van der Waals surface area contributed by atoms with Gasteiger partial charge < -0.3 is 10.3 Å². The van der Waals surface area contributed by atoms with Gasteiger partial charge in [0.1, 0.15) is 0 Å². The summed E-state index contributed by atoms with van der Waals surface area (Å²) in [4.78, 5) is 0. The van der Waals surface area contributed by atoms with Crippen molar-refractivity contribution in [3.8, 4) is 0 Å². The summed E-state index contributed by atoms with van der Waals surface area (Å²) in [6.07, 6.45) is 11.5. The first kappa shape index (κ1) is 11.3. The summed E-state index contributed by atoms with van der Waals surface area (Å²) in [7, 11) is 0. The van der Waals surface area contributed by atoms with Crippen LogP contribution < -0.4 is 5.73 Å². The Labute approximate surface area is 104 Å². The molecule has 0 spiro atoms. The van der Waals surface area contributed by atoms with Crippen molar-refractivity contribution in [1.82, 2.24) is 4.57 Å². The first-order valence-corrected chi connectivity index (χ1v) is 7.21. The number of hydrogen-bond donors (Lipinski definition) is 1. The highest BCUT2D eigenvalue weighted by atomic mass is 15.0. The Morgan fingerprint density at radius 2 is 1.94 bits per heavy atom. The standard InChI is InChI=1S/C15H24N2/c1-11-5-7-12(8-6-11)17-10-9-13-14(16)3-2-4-15(13)17/h9-12,14H,2-8,16H2,1H3. The third-order valence-electron chi connectivity index (χ3n) is 4.77. The van der Waals surface area contributed by atoms with Crippen LogP contribution >= 0.6 is 0 Å². The zero-order valence-electron chi connectivity index (χ0n) is 10.9. The maximum absolute atomic E-state index is 6.20. The maximum atomic E-state index is 6.20. The fourth-order valence-electron chi connectivity index (χ4n) is 3.61. The van der Waals surface area contributed by atoms with Crippen LogP contribution in [0.1, 0.15) is 68.8 Å². The minimum Gasteiger partial charge on any atom is -0.348 e. The van der Waals surface area contributed by atoms with Crippen LogP contribution in [0.25, 0.3) is 0 Å². The molecule has 2 N–H and O–H groups in total. The lowest BCUT2D eigenvalue weighted by Gasteiger charge is -2.30. The van der Waals surface area contributed by atoms with Gasteiger partial charge in [-0.25, -0.2) is 0 Å². The quantitative estimate of drug-likeness (QED) is 0.788. The molecule has 1 aromatic heterocycles. The van der Waals surface area contributed by atoms with Crippen LogP contribution in [-0.4, -0.2) is 4.57 Å². The molecule has 17 heavy (non-hydrogen) atoms. The molecule has 94 valence electrons. The predicted octanol–water partition coefficient (Wildman–Crippen LogP) is 3.58. The number of aromatic nitrogens is 1. The van der Waals surface area contributed by atoms with Crippen molar-refractivity contribution in [3.05, 3.63) is 23.5 Å². The van der Waals surface area contributed by atoms with Crippen molar-refractivity contribution in [2.75, 3.05) is 0 Å². The van der Waals surface area contributed by atoms with Gasteiger partial charge in [-0.05, 0) is 62.5 Å². The van der Waals surface area contributed by atoms with Gasteiger partial charge in [-0.1, -0.05) is 6.92 Å². The molecule has 0 aliphatic heterocycles. The predicted molar refractivity (Wildman–Crippen MR) is 71.0 cm³/mol. The van der Waals surface area contributed by atoms with E-state index in [2.05, 4.69) is 23.8 Å². The maximum Gasteiger partial charge on any atom is 0.0333 e. The van der Waals surface area contributed by atoms with E-state index in [1.165, 1.54) is 50.5 Å². The van der Waals surface area contributed by atoms with Crippen LogP contribution in [0.2, 0.25) is 0 Å². The third-order valence-corrected chi connectivity index (χ3v) is 4.77. The largest absolute Gasteiger partial charge is 0.348 e. The van der Waals surface area contributed by atoms with Crippen LogP contribution in [0, 0.1) is 5.92 Å². The van der Waals surface area contributed by atoms with E-state index in [0.29, 0.717) is 6.04 Å². The molecule has 2 nitrogen and oxygen atoms in total. The molecule has 0 bridgehead atoms. The lowest BCUT2D eigenvalue weighted by atomic mass is 9.86. The highest BCUT2D eigenvalue weighted by molar-refractivity contribution is 5.29. The van der Waals surface area contributed by atoms with Gasteiger partial charge >= 0.3 is 0 Å². The van der Waals surface area contributed by atoms with Gasteiger partial charge in [-0.15, -0.1) is 0 Å². The fourth-order valence-corrected chi connectivity index (χ4v) is 3.61. The van der Waals surface area contributed by atoms with E-state index >= 15 is 0 Å². The van der Waals surface area contributed by atoms with E-state index in [1.54, 1.807) is 5.69 Å². The highest BCUT2D eigenvalue weighted by Crippen LogP contribution is 2.36. The first-order valence-electron chi connectivity index (χ1n) is 7.21. The van der Waals surface area contributed by atoms with Gasteiger partial charge in [-0.3, -0.25) is 0 Å². The summed E-state index contributed by atoms with van der Waals surface area (Å²) in [5.41, 5.74) is 9.17. The van der Waals surface area contributed by atoms with Gasteiger partial charge in [0.15, 0.2) is 0 Å². The van der Waals surface area contributed by atoms with E-state index in [0.717, 1.165) is 12.0 Å². The van der Waals surface area contributed by atoms with E-state index in [1.807, 2.05) is 0 Å². The highest BCUT2D eigenvalue weighted by Gasteiger charge is 2.25. The summed E-state index contributed by atoms with van der Waals surface area (Å²) in [5, 5.41) is 0. The molecule has 2 aliphatic rings. The van der Waals surface area contributed by atoms with Crippen LogP contribution in [0.15, 0.2) is 12.3 Å². The zero-order valence-corrected chi connectivity index (χ0v) is 10.9. The van der Waals surface area contributed by atoms with Gasteiger partial charge in [0.05, 0.1) is 0 Å². The molecule has 1 aromatic rings. The molecule has 1 unspecified atom stereocenters. The number of hydrogen-bond acceptors (Lipinski definition) is 1. The van der Waals surface area contributed by atoms with Gasteiger partial charge in [0, 0.05) is 24.0 Å². The Morgan fingerprint density at radius 1 is 1.18 bits per heavy atom. The van der Waals surface area contributed by atoms with Gasteiger partial charge in [0.2, 0.25) is 0 Å².